The van der Waals surface area contributed by atoms with Crippen molar-refractivity contribution in [1.82, 2.24) is 10.2 Å². The summed E-state index contributed by atoms with van der Waals surface area (Å²) in [7, 11) is 3.49. The van der Waals surface area contributed by atoms with Crippen LogP contribution < -0.4 is 5.32 Å². The minimum absolute atomic E-state index is 0.0632. The van der Waals surface area contributed by atoms with Gasteiger partial charge in [-0.25, -0.2) is 4.79 Å². The largest absolute Gasteiger partial charge is 0.469 e. The molecule has 0 spiro atoms. The van der Waals surface area contributed by atoms with Crippen LogP contribution in [0.3, 0.4) is 0 Å². The van der Waals surface area contributed by atoms with Gasteiger partial charge in [0.25, 0.3) is 5.91 Å². The zero-order chi connectivity index (χ0) is 31.4. The van der Waals surface area contributed by atoms with Crippen molar-refractivity contribution in [3.8, 4) is 0 Å². The minimum atomic E-state index is -1.71. The molecule has 1 fully saturated rings. The molecule has 1 N–H and O–H groups in total. The van der Waals surface area contributed by atoms with Gasteiger partial charge in [0.05, 0.1) is 39.1 Å². The first-order valence-corrected chi connectivity index (χ1v) is 13.9. The Morgan fingerprint density at radius 3 is 2.21 bits per heavy atom. The number of esters is 3. The van der Waals surface area contributed by atoms with Gasteiger partial charge < -0.3 is 19.5 Å². The molecule has 0 bridgehead atoms. The van der Waals surface area contributed by atoms with Crippen molar-refractivity contribution in [2.45, 2.75) is 25.8 Å². The van der Waals surface area contributed by atoms with E-state index in [0.29, 0.717) is 5.57 Å². The number of fused-ring (bicyclic) bond motifs is 2. The van der Waals surface area contributed by atoms with Crippen molar-refractivity contribution in [1.29, 1.82) is 0 Å². The minimum Gasteiger partial charge on any atom is -0.469 e. The lowest BCUT2D eigenvalue weighted by Crippen LogP contribution is -2.57. The number of ether oxygens (including phenoxy) is 3. The topological polar surface area (TPSA) is 162 Å². The highest BCUT2D eigenvalue weighted by molar-refractivity contribution is 6.14. The SMILES string of the molecule is COC(=O)CN1C(=O)[C@@H]2[C@H](C1=O)[C@@H]1CC(C(=O)OC)=C[C@@H](C(=O)OC)C3C1=C(C(=O)[C@@]3(C)NC(=O)c1ccccc1)[C@@H]2C. The fourth-order valence-electron chi connectivity index (χ4n) is 7.44. The molecule has 5 rings (SSSR count). The maximum atomic E-state index is 14.5. The summed E-state index contributed by atoms with van der Waals surface area (Å²) in [5.74, 6) is -10.7. The Bertz CT molecular complexity index is 1510. The van der Waals surface area contributed by atoms with E-state index in [9.17, 15) is 33.6 Å². The Labute approximate surface area is 247 Å². The smallest absolute Gasteiger partial charge is 0.333 e. The van der Waals surface area contributed by atoms with Crippen LogP contribution in [0.25, 0.3) is 0 Å². The highest BCUT2D eigenvalue weighted by atomic mass is 16.5. The van der Waals surface area contributed by atoms with Gasteiger partial charge in [0, 0.05) is 22.6 Å². The van der Waals surface area contributed by atoms with E-state index in [1.54, 1.807) is 37.3 Å². The second-order valence-electron chi connectivity index (χ2n) is 11.4. The number of amides is 3. The summed E-state index contributed by atoms with van der Waals surface area (Å²) in [6.07, 6.45) is 1.26. The number of hydrogen-bond acceptors (Lipinski definition) is 10. The van der Waals surface area contributed by atoms with Gasteiger partial charge >= 0.3 is 17.9 Å². The van der Waals surface area contributed by atoms with Gasteiger partial charge in [-0.3, -0.25) is 33.7 Å². The maximum Gasteiger partial charge on any atom is 0.333 e. The lowest BCUT2D eigenvalue weighted by atomic mass is 9.62. The molecule has 1 aromatic carbocycles. The number of methoxy groups -OCH3 is 3. The summed E-state index contributed by atoms with van der Waals surface area (Å²) >= 11 is 0. The number of rotatable bonds is 6. The number of hydrogen-bond donors (Lipinski definition) is 1. The summed E-state index contributed by atoms with van der Waals surface area (Å²) in [6, 6.07) is 8.23. The number of Topliss-reactive ketones (excluding diaryl/α,β-unsaturated/α-hetero) is 1. The molecule has 12 heteroatoms. The van der Waals surface area contributed by atoms with E-state index >= 15 is 0 Å². The van der Waals surface area contributed by atoms with Gasteiger partial charge in [0.1, 0.15) is 12.1 Å². The second-order valence-corrected chi connectivity index (χ2v) is 11.4. The lowest BCUT2D eigenvalue weighted by Gasteiger charge is -2.39. The number of benzene rings is 1. The van der Waals surface area contributed by atoms with Gasteiger partial charge in [0.15, 0.2) is 5.78 Å². The average molecular weight is 593 g/mol. The van der Waals surface area contributed by atoms with Gasteiger partial charge in [-0.2, -0.15) is 0 Å². The highest BCUT2D eigenvalue weighted by Gasteiger charge is 2.67. The predicted molar refractivity (Wildman–Crippen MR) is 146 cm³/mol. The first kappa shape index (κ1) is 29.9. The van der Waals surface area contributed by atoms with Crippen LogP contribution in [0.1, 0.15) is 30.6 Å². The molecule has 43 heavy (non-hydrogen) atoms. The molecule has 3 amide bonds. The average Bonchev–Trinajstić information content (AvgIpc) is 3.28. The van der Waals surface area contributed by atoms with Gasteiger partial charge in [-0.1, -0.05) is 36.8 Å². The van der Waals surface area contributed by atoms with Gasteiger partial charge in [-0.05, 0) is 37.3 Å². The second kappa shape index (κ2) is 10.9. The summed E-state index contributed by atoms with van der Waals surface area (Å²) in [5.41, 5.74) is -0.724. The number of ketones is 1. The normalized spacial score (nSPS) is 31.0. The van der Waals surface area contributed by atoms with Crippen LogP contribution in [0, 0.1) is 35.5 Å². The van der Waals surface area contributed by atoms with Crippen LogP contribution in [0.2, 0.25) is 0 Å². The molecule has 12 nitrogen and oxygen atoms in total. The molecule has 1 aliphatic heterocycles. The standard InChI is InChI=1S/C31H32N2O10/c1-14-20-22-17(23-21(14)27(37)33(28(23)38)13-19(34)41-3)11-16(29(39)42-4)12-18(30(40)43-5)24(22)31(2,25(20)35)32-26(36)15-9-7-6-8-10-15/h6-10,12,14,17-18,21,23-24H,11,13H2,1-5H3,(H,32,36)/t14-,17+,18+,21-,23+,24?,31-/m0/s1. The van der Waals surface area contributed by atoms with Crippen molar-refractivity contribution >= 4 is 41.4 Å². The third kappa shape index (κ3) is 4.47. The Hall–Kier alpha value is -4.61. The molecule has 0 radical (unpaired) electrons. The van der Waals surface area contributed by atoms with Crippen LogP contribution in [0.5, 0.6) is 0 Å². The Morgan fingerprint density at radius 1 is 0.953 bits per heavy atom. The van der Waals surface area contributed by atoms with E-state index in [1.165, 1.54) is 27.2 Å². The van der Waals surface area contributed by atoms with E-state index in [4.69, 9.17) is 9.47 Å². The van der Waals surface area contributed by atoms with Crippen LogP contribution in [0.4, 0.5) is 0 Å². The van der Waals surface area contributed by atoms with Crippen molar-refractivity contribution in [2.24, 2.45) is 35.5 Å². The molecule has 0 saturated carbocycles. The van der Waals surface area contributed by atoms with Crippen molar-refractivity contribution in [2.75, 3.05) is 27.9 Å². The van der Waals surface area contributed by atoms with E-state index in [0.717, 1.165) is 12.0 Å². The van der Waals surface area contributed by atoms with Crippen LogP contribution in [-0.2, 0) is 43.0 Å². The lowest BCUT2D eigenvalue weighted by molar-refractivity contribution is -0.151. The van der Waals surface area contributed by atoms with E-state index in [-0.39, 0.29) is 23.1 Å². The van der Waals surface area contributed by atoms with Crippen molar-refractivity contribution in [3.05, 3.63) is 58.7 Å². The number of carbonyl (C=O) groups excluding carboxylic acids is 7. The molecule has 226 valence electrons. The molecule has 1 heterocycles. The fraction of sp³-hybridized carbons (Fsp3) is 0.452. The zero-order valence-electron chi connectivity index (χ0n) is 24.4. The zero-order valence-corrected chi connectivity index (χ0v) is 24.4. The van der Waals surface area contributed by atoms with Crippen LogP contribution in [0.15, 0.2) is 53.1 Å². The summed E-state index contributed by atoms with van der Waals surface area (Å²) in [6.45, 7) is 2.56. The fourth-order valence-corrected chi connectivity index (χ4v) is 7.44. The van der Waals surface area contributed by atoms with E-state index in [1.807, 2.05) is 0 Å². The molecular formula is C31H32N2O10. The number of imide groups is 1. The number of carbonyl (C=O) groups is 7. The number of likely N-dealkylation sites (tertiary alicyclic amines) is 1. The van der Waals surface area contributed by atoms with Crippen molar-refractivity contribution in [3.63, 3.8) is 0 Å². The van der Waals surface area contributed by atoms with Crippen LogP contribution >= 0.6 is 0 Å². The molecule has 3 aliphatic carbocycles. The first-order chi connectivity index (χ1) is 20.4. The predicted octanol–water partition coefficient (Wildman–Crippen LogP) is 1.00. The van der Waals surface area contributed by atoms with E-state index < -0.39 is 89.0 Å². The third-order valence-corrected chi connectivity index (χ3v) is 9.33. The molecule has 4 aliphatic rings. The molecular weight excluding hydrogens is 560 g/mol. The van der Waals surface area contributed by atoms with Gasteiger partial charge in [0.2, 0.25) is 11.8 Å². The molecule has 1 saturated heterocycles. The highest BCUT2D eigenvalue weighted by Crippen LogP contribution is 2.60. The summed E-state index contributed by atoms with van der Waals surface area (Å²) in [4.78, 5) is 94.8. The summed E-state index contributed by atoms with van der Waals surface area (Å²) < 4.78 is 14.8. The van der Waals surface area contributed by atoms with Crippen molar-refractivity contribution < 1.29 is 47.8 Å². The Morgan fingerprint density at radius 2 is 1.60 bits per heavy atom. The monoisotopic (exact) mass is 592 g/mol. The maximum absolute atomic E-state index is 14.5. The molecule has 0 aromatic heterocycles. The number of nitrogens with zero attached hydrogens (tertiary/aromatic N) is 1. The van der Waals surface area contributed by atoms with E-state index in [2.05, 4.69) is 10.1 Å². The third-order valence-electron chi connectivity index (χ3n) is 9.33. The quantitative estimate of drug-likeness (QED) is 0.287. The Kier molecular flexibility index (Phi) is 7.57. The van der Waals surface area contributed by atoms with Crippen LogP contribution in [-0.4, -0.2) is 79.7 Å². The van der Waals surface area contributed by atoms with Gasteiger partial charge in [-0.15, -0.1) is 0 Å². The first-order valence-electron chi connectivity index (χ1n) is 13.9. The Balaban J connectivity index is 1.71. The molecule has 1 unspecified atom stereocenters. The number of nitrogens with one attached hydrogen (secondary N) is 1. The molecule has 7 atom stereocenters. The molecule has 1 aromatic rings. The summed E-state index contributed by atoms with van der Waals surface area (Å²) in [5, 5.41) is 2.85.